The smallest absolute Gasteiger partial charge is 0.328 e. The number of benzene rings is 1. The van der Waals surface area contributed by atoms with Crippen molar-refractivity contribution in [3.63, 3.8) is 0 Å². The van der Waals surface area contributed by atoms with E-state index in [1.807, 2.05) is 65.0 Å². The number of rotatable bonds is 23. The van der Waals surface area contributed by atoms with Gasteiger partial charge in [-0.05, 0) is 55.4 Å². The number of aliphatic hydroxyl groups is 1. The van der Waals surface area contributed by atoms with Crippen LogP contribution < -0.4 is 21.7 Å². The van der Waals surface area contributed by atoms with Gasteiger partial charge >= 0.3 is 5.97 Å². The number of likely N-dealkylation sites (tertiary alicyclic amines) is 1. The molecule has 1 aromatic carbocycles. The second-order valence-electron chi connectivity index (χ2n) is 16.3. The molecule has 0 unspecified atom stereocenters. The lowest BCUT2D eigenvalue weighted by Crippen LogP contribution is -2.59. The van der Waals surface area contributed by atoms with Gasteiger partial charge in [0.1, 0.15) is 36.3 Å². The molecule has 0 aliphatic carbocycles. The zero-order chi connectivity index (χ0) is 44.6. The highest BCUT2D eigenvalue weighted by molar-refractivity contribution is 5.96. The molecule has 1 aromatic rings. The zero-order valence-corrected chi connectivity index (χ0v) is 36.2. The van der Waals surface area contributed by atoms with Crippen molar-refractivity contribution in [2.45, 2.75) is 129 Å². The Morgan fingerprint density at radius 3 is 2.07 bits per heavy atom. The first-order valence-electron chi connectivity index (χ1n) is 20.5. The number of aliphatic hydroxyl groups excluding tert-OH is 1. The van der Waals surface area contributed by atoms with Gasteiger partial charge in [0.15, 0.2) is 0 Å². The van der Waals surface area contributed by atoms with Crippen LogP contribution in [-0.4, -0.2) is 138 Å². The molecule has 2 rings (SSSR count). The van der Waals surface area contributed by atoms with Gasteiger partial charge in [-0.15, -0.1) is 0 Å². The third-order valence-electron chi connectivity index (χ3n) is 10.7. The highest BCUT2D eigenvalue weighted by Gasteiger charge is 2.41. The zero-order valence-electron chi connectivity index (χ0n) is 36.2. The summed E-state index contributed by atoms with van der Waals surface area (Å²) in [7, 11) is 4.06. The van der Waals surface area contributed by atoms with E-state index >= 15 is 0 Å². The molecule has 59 heavy (non-hydrogen) atoms. The van der Waals surface area contributed by atoms with Crippen molar-refractivity contribution in [2.75, 3.05) is 34.3 Å². The lowest BCUT2D eigenvalue weighted by atomic mass is 9.96. The van der Waals surface area contributed by atoms with Gasteiger partial charge in [-0.2, -0.15) is 0 Å². The fraction of sp³-hybridized carbons (Fsp3) is 0.667. The van der Waals surface area contributed by atoms with Crippen LogP contribution in [-0.2, 0) is 49.5 Å². The second kappa shape index (κ2) is 24.1. The van der Waals surface area contributed by atoms with E-state index in [-0.39, 0.29) is 43.9 Å². The number of carbonyl (C=O) groups is 8. The van der Waals surface area contributed by atoms with Crippen LogP contribution in [0.3, 0.4) is 0 Å². The molecule has 0 bridgehead atoms. The van der Waals surface area contributed by atoms with Crippen LogP contribution in [0.2, 0.25) is 0 Å². The van der Waals surface area contributed by atoms with Crippen LogP contribution in [0.1, 0.15) is 92.1 Å². The summed E-state index contributed by atoms with van der Waals surface area (Å²) < 4.78 is 4.93. The third-order valence-corrected chi connectivity index (χ3v) is 10.7. The molecule has 1 fully saturated rings. The Kier molecular flexibility index (Phi) is 20.5. The number of ether oxygens (including phenoxy) is 1. The van der Waals surface area contributed by atoms with Gasteiger partial charge in [0.05, 0.1) is 13.7 Å². The van der Waals surface area contributed by atoms with Crippen molar-refractivity contribution in [1.82, 2.24) is 30.7 Å². The number of hydrogen-bond donors (Lipinski definition) is 5. The summed E-state index contributed by atoms with van der Waals surface area (Å²) in [5.41, 5.74) is 6.21. The lowest BCUT2D eigenvalue weighted by molar-refractivity contribution is -0.154. The number of likely N-dealkylation sites (N-methyl/N-ethyl adjacent to an activating group) is 2. The molecule has 7 atom stereocenters. The van der Waals surface area contributed by atoms with E-state index < -0.39 is 96.1 Å². The third kappa shape index (κ3) is 15.2. The quantitative estimate of drug-likeness (QED) is 0.0978. The Hall–Kier alpha value is -5.06. The first-order valence-corrected chi connectivity index (χ1v) is 20.5. The molecule has 1 aliphatic rings. The summed E-state index contributed by atoms with van der Waals surface area (Å²) in [6.45, 7) is 10.7. The molecule has 17 nitrogen and oxygen atoms in total. The maximum atomic E-state index is 14.0. The van der Waals surface area contributed by atoms with E-state index in [2.05, 4.69) is 16.0 Å². The molecular weight excluding hydrogens is 763 g/mol. The van der Waals surface area contributed by atoms with E-state index in [0.717, 1.165) is 10.5 Å². The molecule has 0 spiro atoms. The Balaban J connectivity index is 2.31. The van der Waals surface area contributed by atoms with Crippen LogP contribution in [0, 0.1) is 17.8 Å². The maximum Gasteiger partial charge on any atom is 0.328 e. The van der Waals surface area contributed by atoms with Gasteiger partial charge in [0.25, 0.3) is 0 Å². The van der Waals surface area contributed by atoms with Gasteiger partial charge in [-0.3, -0.25) is 33.6 Å². The number of esters is 1. The predicted molar refractivity (Wildman–Crippen MR) is 220 cm³/mol. The Morgan fingerprint density at radius 2 is 1.51 bits per heavy atom. The molecule has 0 radical (unpaired) electrons. The summed E-state index contributed by atoms with van der Waals surface area (Å²) in [4.78, 5) is 111. The van der Waals surface area contributed by atoms with E-state index in [1.54, 1.807) is 6.92 Å². The number of carbonyl (C=O) groups excluding carboxylic acids is 8. The van der Waals surface area contributed by atoms with Gasteiger partial charge in [0.2, 0.25) is 41.4 Å². The summed E-state index contributed by atoms with van der Waals surface area (Å²) in [5.74, 6) is -5.64. The number of nitrogens with two attached hydrogens (primary N) is 1. The molecule has 1 saturated heterocycles. The summed E-state index contributed by atoms with van der Waals surface area (Å²) >= 11 is 0. The molecule has 17 heteroatoms. The standard InChI is InChI=1S/C42H67N7O10/c1-10-27(6)36(46-37(53)30(18-19-34(43)51)48(8)40(56)29(21-25(2)3)45-38(54)33(50)22-26(4)5)39(55)44-24-35(52)47(7)32(23-28-15-12-11-13-16-28)41(57)49-20-14-17-31(49)42(58)59-9/h11-13,15-16,25-27,29-33,36,50H,10,14,17-24H2,1-9H3,(H2,43,51)(H,44,55)(H,45,54)(H,46,53)/t27-,29-,30-,31-,32+,33-,36-/m0/s1. The van der Waals surface area contributed by atoms with Crippen LogP contribution >= 0.6 is 0 Å². The van der Waals surface area contributed by atoms with Crippen molar-refractivity contribution in [1.29, 1.82) is 0 Å². The Labute approximate surface area is 348 Å². The number of hydrogen-bond acceptors (Lipinski definition) is 10. The predicted octanol–water partition coefficient (Wildman–Crippen LogP) is 0.898. The first kappa shape index (κ1) is 50.1. The van der Waals surface area contributed by atoms with Crippen LogP contribution in [0.25, 0.3) is 0 Å². The lowest BCUT2D eigenvalue weighted by Gasteiger charge is -2.34. The largest absolute Gasteiger partial charge is 0.467 e. The topological polar surface area (TPSA) is 238 Å². The van der Waals surface area contributed by atoms with Gasteiger partial charge in [0, 0.05) is 33.5 Å². The van der Waals surface area contributed by atoms with Crippen LogP contribution in [0.4, 0.5) is 0 Å². The summed E-state index contributed by atoms with van der Waals surface area (Å²) in [6, 6.07) is 3.71. The highest BCUT2D eigenvalue weighted by Crippen LogP contribution is 2.22. The molecule has 330 valence electrons. The van der Waals surface area contributed by atoms with E-state index in [0.29, 0.717) is 25.8 Å². The van der Waals surface area contributed by atoms with Gasteiger partial charge in [-0.25, -0.2) is 4.79 Å². The van der Waals surface area contributed by atoms with Gasteiger partial charge < -0.3 is 46.2 Å². The van der Waals surface area contributed by atoms with Crippen molar-refractivity contribution >= 4 is 47.3 Å². The second-order valence-corrected chi connectivity index (χ2v) is 16.3. The minimum atomic E-state index is -1.35. The Morgan fingerprint density at radius 1 is 0.881 bits per heavy atom. The molecule has 6 N–H and O–H groups in total. The van der Waals surface area contributed by atoms with E-state index in [1.165, 1.54) is 31.0 Å². The molecule has 1 heterocycles. The summed E-state index contributed by atoms with van der Waals surface area (Å²) in [5, 5.41) is 18.4. The molecule has 7 amide bonds. The fourth-order valence-electron chi connectivity index (χ4n) is 7.05. The number of primary amides is 1. The number of nitrogens with zero attached hydrogens (tertiary/aromatic N) is 3. The normalized spacial score (nSPS) is 16.9. The van der Waals surface area contributed by atoms with Crippen molar-refractivity contribution in [3.05, 3.63) is 35.9 Å². The monoisotopic (exact) mass is 829 g/mol. The van der Waals surface area contributed by atoms with Crippen molar-refractivity contribution in [2.24, 2.45) is 23.5 Å². The SMILES string of the molecule is CC[C@H](C)[C@H](NC(=O)[C@H](CCC(N)=O)N(C)C(=O)[C@H](CC(C)C)NC(=O)[C@@H](O)CC(C)C)C(=O)NCC(=O)N(C)[C@H](Cc1ccccc1)C(=O)N1CCC[C@H]1C(=O)OC. The van der Waals surface area contributed by atoms with Crippen molar-refractivity contribution < 1.29 is 48.2 Å². The van der Waals surface area contributed by atoms with Crippen LogP contribution in [0.5, 0.6) is 0 Å². The van der Waals surface area contributed by atoms with Crippen molar-refractivity contribution in [3.8, 4) is 0 Å². The molecule has 1 aliphatic heterocycles. The van der Waals surface area contributed by atoms with Crippen LogP contribution in [0.15, 0.2) is 30.3 Å². The Bertz CT molecular complexity index is 1610. The molecule has 0 aromatic heterocycles. The highest BCUT2D eigenvalue weighted by atomic mass is 16.5. The van der Waals surface area contributed by atoms with Gasteiger partial charge in [-0.1, -0.05) is 78.3 Å². The van der Waals surface area contributed by atoms with E-state index in [4.69, 9.17) is 10.5 Å². The fourth-order valence-corrected chi connectivity index (χ4v) is 7.05. The number of amides is 7. The molecule has 0 saturated carbocycles. The minimum Gasteiger partial charge on any atom is -0.467 e. The number of nitrogens with one attached hydrogen (secondary N) is 3. The van der Waals surface area contributed by atoms with E-state index in [9.17, 15) is 43.5 Å². The first-order chi connectivity index (χ1) is 27.7. The summed E-state index contributed by atoms with van der Waals surface area (Å²) in [6.07, 6.45) is 0.146. The number of methoxy groups -OCH3 is 1. The average Bonchev–Trinajstić information content (AvgIpc) is 3.69. The molecular formula is C42H67N7O10. The maximum absolute atomic E-state index is 14.0. The minimum absolute atomic E-state index is 0.0113. The average molecular weight is 830 g/mol.